The maximum absolute atomic E-state index is 10.9. The van der Waals surface area contributed by atoms with Gasteiger partial charge in [0.25, 0.3) is 0 Å². The zero-order valence-electron chi connectivity index (χ0n) is 12.5. The lowest BCUT2D eigenvalue weighted by Gasteiger charge is -2.13. The summed E-state index contributed by atoms with van der Waals surface area (Å²) in [5.74, 6) is -0.415. The summed E-state index contributed by atoms with van der Waals surface area (Å²) in [7, 11) is 1.98. The molecule has 0 aliphatic carbocycles. The molecule has 0 saturated heterocycles. The fraction of sp³-hybridized carbons (Fsp3) is 0.625. The standard InChI is InChI=1S/C9H17NO2.C5H9NO.2CH4/c1-5-10(4)6-7-12-9(11)8(2)3;1-3-5(7)6-4-2;;/h2,5-7H2,1,3-4H3;3H,1,4H2,2H3,(H,6,7);2*1H4. The van der Waals surface area contributed by atoms with E-state index in [-0.39, 0.29) is 26.7 Å². The maximum Gasteiger partial charge on any atom is 0.333 e. The highest BCUT2D eigenvalue weighted by Crippen LogP contribution is 1.92. The van der Waals surface area contributed by atoms with Crippen LogP contribution in [0.2, 0.25) is 0 Å². The average molecular weight is 302 g/mol. The number of ether oxygens (including phenoxy) is 1. The van der Waals surface area contributed by atoms with E-state index in [1.807, 2.05) is 14.0 Å². The minimum absolute atomic E-state index is 0. The molecule has 0 bridgehead atoms. The summed E-state index contributed by atoms with van der Waals surface area (Å²) in [5.41, 5.74) is 0.453. The van der Waals surface area contributed by atoms with Crippen LogP contribution in [-0.2, 0) is 14.3 Å². The predicted octanol–water partition coefficient (Wildman–Crippen LogP) is 2.64. The number of hydrogen-bond donors (Lipinski definition) is 1. The van der Waals surface area contributed by atoms with E-state index < -0.39 is 0 Å². The molecule has 1 N–H and O–H groups in total. The van der Waals surface area contributed by atoms with Crippen LogP contribution in [0, 0.1) is 0 Å². The highest BCUT2D eigenvalue weighted by Gasteiger charge is 2.02. The van der Waals surface area contributed by atoms with Gasteiger partial charge in [0.1, 0.15) is 6.61 Å². The highest BCUT2D eigenvalue weighted by atomic mass is 16.5. The molecule has 0 rings (SSSR count). The zero-order chi connectivity index (χ0) is 15.3. The fourth-order valence-electron chi connectivity index (χ4n) is 0.822. The van der Waals surface area contributed by atoms with E-state index >= 15 is 0 Å². The third kappa shape index (κ3) is 20.8. The molecule has 21 heavy (non-hydrogen) atoms. The van der Waals surface area contributed by atoms with Crippen molar-refractivity contribution in [3.05, 3.63) is 24.8 Å². The molecule has 0 unspecified atom stereocenters. The first-order valence-corrected chi connectivity index (χ1v) is 6.30. The van der Waals surface area contributed by atoms with Crippen LogP contribution in [0.4, 0.5) is 0 Å². The van der Waals surface area contributed by atoms with Crippen molar-refractivity contribution in [1.29, 1.82) is 0 Å². The van der Waals surface area contributed by atoms with Crippen LogP contribution in [0.3, 0.4) is 0 Å². The van der Waals surface area contributed by atoms with E-state index in [4.69, 9.17) is 4.74 Å². The van der Waals surface area contributed by atoms with Gasteiger partial charge in [0, 0.05) is 18.7 Å². The van der Waals surface area contributed by atoms with E-state index in [2.05, 4.69) is 30.3 Å². The molecule has 5 nitrogen and oxygen atoms in total. The molecule has 0 aliphatic heterocycles. The second-order valence-electron chi connectivity index (χ2n) is 3.91. The molecule has 0 aromatic carbocycles. The van der Waals surface area contributed by atoms with Gasteiger partial charge in [-0.05, 0) is 33.5 Å². The third-order valence-electron chi connectivity index (χ3n) is 2.13. The normalized spacial score (nSPS) is 8.24. The minimum atomic E-state index is -0.306. The van der Waals surface area contributed by atoms with Gasteiger partial charge in [-0.3, -0.25) is 4.79 Å². The molecule has 5 heteroatoms. The summed E-state index contributed by atoms with van der Waals surface area (Å²) >= 11 is 0. The zero-order valence-corrected chi connectivity index (χ0v) is 12.5. The quantitative estimate of drug-likeness (QED) is 0.580. The van der Waals surface area contributed by atoms with Crippen molar-refractivity contribution in [2.24, 2.45) is 0 Å². The Morgan fingerprint density at radius 3 is 2.10 bits per heavy atom. The van der Waals surface area contributed by atoms with Gasteiger partial charge < -0.3 is 15.0 Å². The van der Waals surface area contributed by atoms with E-state index in [9.17, 15) is 9.59 Å². The molecule has 0 heterocycles. The molecule has 0 fully saturated rings. The average Bonchev–Trinajstić information content (AvgIpc) is 2.39. The number of carbonyl (C=O) groups excluding carboxylic acids is 2. The van der Waals surface area contributed by atoms with Crippen LogP contribution >= 0.6 is 0 Å². The summed E-state index contributed by atoms with van der Waals surface area (Å²) in [6.07, 6.45) is 1.25. The highest BCUT2D eigenvalue weighted by molar-refractivity contribution is 5.87. The van der Waals surface area contributed by atoms with E-state index in [0.717, 1.165) is 13.1 Å². The van der Waals surface area contributed by atoms with Crippen molar-refractivity contribution < 1.29 is 14.3 Å². The Morgan fingerprint density at radius 2 is 1.81 bits per heavy atom. The number of nitrogens with zero attached hydrogens (tertiary/aromatic N) is 1. The summed E-state index contributed by atoms with van der Waals surface area (Å²) in [6.45, 7) is 15.2. The Bertz CT molecular complexity index is 302. The second kappa shape index (κ2) is 18.4. The van der Waals surface area contributed by atoms with Gasteiger partial charge in [0.05, 0.1) is 0 Å². The number of hydrogen-bond acceptors (Lipinski definition) is 4. The van der Waals surface area contributed by atoms with Crippen LogP contribution in [-0.4, -0.2) is 50.1 Å². The summed E-state index contributed by atoms with van der Waals surface area (Å²) < 4.78 is 4.90. The predicted molar refractivity (Wildman–Crippen MR) is 91.3 cm³/mol. The molecule has 0 spiro atoms. The van der Waals surface area contributed by atoms with E-state index in [1.54, 1.807) is 6.92 Å². The lowest BCUT2D eigenvalue weighted by atomic mass is 10.4. The van der Waals surface area contributed by atoms with Gasteiger partial charge in [0.2, 0.25) is 5.91 Å². The van der Waals surface area contributed by atoms with Crippen LogP contribution in [0.1, 0.15) is 35.6 Å². The Morgan fingerprint density at radius 1 is 1.29 bits per heavy atom. The molecule has 1 amide bonds. The SMILES string of the molecule is C.C.C=C(C)C(=O)OCCN(C)CC.C=CC(=O)NCC. The number of nitrogens with one attached hydrogen (secondary N) is 1. The van der Waals surface area contributed by atoms with Crippen molar-refractivity contribution in [1.82, 2.24) is 10.2 Å². The molecule has 0 saturated carbocycles. The van der Waals surface area contributed by atoms with Crippen LogP contribution in [0.15, 0.2) is 24.8 Å². The largest absolute Gasteiger partial charge is 0.461 e. The molecule has 0 radical (unpaired) electrons. The third-order valence-corrected chi connectivity index (χ3v) is 2.13. The van der Waals surface area contributed by atoms with Crippen LogP contribution in [0.25, 0.3) is 0 Å². The molecule has 0 atom stereocenters. The van der Waals surface area contributed by atoms with Gasteiger partial charge in [0.15, 0.2) is 0 Å². The lowest BCUT2D eigenvalue weighted by Crippen LogP contribution is -2.24. The fourth-order valence-corrected chi connectivity index (χ4v) is 0.822. The topological polar surface area (TPSA) is 58.6 Å². The van der Waals surface area contributed by atoms with Crippen molar-refractivity contribution in [2.75, 3.05) is 33.3 Å². The molecular formula is C16H34N2O3. The first-order valence-electron chi connectivity index (χ1n) is 6.30. The van der Waals surface area contributed by atoms with E-state index in [0.29, 0.717) is 18.7 Å². The minimum Gasteiger partial charge on any atom is -0.461 e. The Balaban J connectivity index is -0.000000140. The monoisotopic (exact) mass is 302 g/mol. The first-order chi connectivity index (χ1) is 8.88. The summed E-state index contributed by atoms with van der Waals surface area (Å²) in [6, 6.07) is 0. The smallest absolute Gasteiger partial charge is 0.333 e. The number of carbonyl (C=O) groups is 2. The number of likely N-dealkylation sites (N-methyl/N-ethyl adjacent to an activating group) is 2. The lowest BCUT2D eigenvalue weighted by molar-refractivity contribution is -0.139. The Labute approximate surface area is 131 Å². The van der Waals surface area contributed by atoms with Crippen LogP contribution < -0.4 is 5.32 Å². The van der Waals surface area contributed by atoms with Gasteiger partial charge >= 0.3 is 5.97 Å². The van der Waals surface area contributed by atoms with Gasteiger partial charge in [-0.25, -0.2) is 4.79 Å². The molecule has 0 aromatic heterocycles. The Kier molecular flexibility index (Phi) is 24.2. The summed E-state index contributed by atoms with van der Waals surface area (Å²) in [4.78, 5) is 23.1. The molecule has 0 aromatic rings. The number of esters is 1. The van der Waals surface area contributed by atoms with Crippen molar-refractivity contribution in [2.45, 2.75) is 35.6 Å². The second-order valence-corrected chi connectivity index (χ2v) is 3.91. The van der Waals surface area contributed by atoms with Crippen molar-refractivity contribution in [3.8, 4) is 0 Å². The molecule has 126 valence electrons. The Hall–Kier alpha value is -1.62. The summed E-state index contributed by atoms with van der Waals surface area (Å²) in [5, 5.41) is 2.54. The van der Waals surface area contributed by atoms with E-state index in [1.165, 1.54) is 6.08 Å². The van der Waals surface area contributed by atoms with Gasteiger partial charge in [-0.2, -0.15) is 0 Å². The van der Waals surface area contributed by atoms with Gasteiger partial charge in [-0.15, -0.1) is 0 Å². The maximum atomic E-state index is 10.9. The molecule has 0 aliphatic rings. The van der Waals surface area contributed by atoms with Crippen LogP contribution in [0.5, 0.6) is 0 Å². The first kappa shape index (κ1) is 27.7. The number of amides is 1. The van der Waals surface area contributed by atoms with Crippen molar-refractivity contribution in [3.63, 3.8) is 0 Å². The number of rotatable bonds is 7. The van der Waals surface area contributed by atoms with Gasteiger partial charge in [-0.1, -0.05) is 34.9 Å². The van der Waals surface area contributed by atoms with Crippen molar-refractivity contribution >= 4 is 11.9 Å². The molecular weight excluding hydrogens is 268 g/mol.